The van der Waals surface area contributed by atoms with E-state index in [1.807, 2.05) is 0 Å². The van der Waals surface area contributed by atoms with E-state index in [0.717, 1.165) is 18.9 Å². The maximum absolute atomic E-state index is 12.8. The highest BCUT2D eigenvalue weighted by atomic mass is 19.4. The van der Waals surface area contributed by atoms with Crippen molar-refractivity contribution < 1.29 is 13.2 Å². The molecule has 18 heavy (non-hydrogen) atoms. The fraction of sp³-hybridized carbons (Fsp3) is 0.462. The van der Waals surface area contributed by atoms with Gasteiger partial charge < -0.3 is 4.90 Å². The van der Waals surface area contributed by atoms with Gasteiger partial charge in [0.1, 0.15) is 5.84 Å². The van der Waals surface area contributed by atoms with Gasteiger partial charge in [0.15, 0.2) is 0 Å². The van der Waals surface area contributed by atoms with Crippen LogP contribution < -0.4 is 4.90 Å². The first-order valence-corrected chi connectivity index (χ1v) is 5.92. The summed E-state index contributed by atoms with van der Waals surface area (Å²) in [4.78, 5) is 1.66. The lowest BCUT2D eigenvalue weighted by molar-refractivity contribution is -0.138. The Hall–Kier alpha value is -1.52. The van der Waals surface area contributed by atoms with Gasteiger partial charge in [-0.3, -0.25) is 5.41 Å². The molecule has 5 heteroatoms. The van der Waals surface area contributed by atoms with Crippen molar-refractivity contribution in [1.82, 2.24) is 0 Å². The third kappa shape index (κ3) is 2.49. The number of rotatable bonds is 1. The summed E-state index contributed by atoms with van der Waals surface area (Å²) >= 11 is 0. The molecule has 0 aliphatic carbocycles. The second-order valence-corrected chi connectivity index (χ2v) is 4.55. The highest BCUT2D eigenvalue weighted by Gasteiger charge is 2.33. The van der Waals surface area contributed by atoms with Crippen molar-refractivity contribution in [2.75, 3.05) is 11.4 Å². The van der Waals surface area contributed by atoms with Crippen molar-refractivity contribution in [2.24, 2.45) is 0 Å². The van der Waals surface area contributed by atoms with Crippen LogP contribution in [-0.2, 0) is 6.18 Å². The summed E-state index contributed by atoms with van der Waals surface area (Å²) in [7, 11) is 0. The first-order chi connectivity index (χ1) is 8.39. The minimum atomic E-state index is -4.34. The van der Waals surface area contributed by atoms with E-state index in [1.165, 1.54) is 13.0 Å². The number of aryl methyl sites for hydroxylation is 1. The van der Waals surface area contributed by atoms with Gasteiger partial charge in [-0.2, -0.15) is 13.2 Å². The number of nitrogens with zero attached hydrogens (tertiary/aromatic N) is 1. The second kappa shape index (κ2) is 4.63. The molecule has 0 aromatic heterocycles. The summed E-state index contributed by atoms with van der Waals surface area (Å²) in [6, 6.07) is 4.28. The van der Waals surface area contributed by atoms with E-state index in [9.17, 15) is 13.2 Å². The summed E-state index contributed by atoms with van der Waals surface area (Å²) in [5, 5.41) is 7.81. The normalized spacial score (nSPS) is 17.1. The highest BCUT2D eigenvalue weighted by Crippen LogP contribution is 2.35. The SMILES string of the molecule is Cc1ccc(N2CCCCC2=N)cc1C(F)(F)F. The number of anilines is 1. The van der Waals surface area contributed by atoms with Gasteiger partial charge in [0.25, 0.3) is 0 Å². The first kappa shape index (κ1) is 12.9. The van der Waals surface area contributed by atoms with Crippen LogP contribution >= 0.6 is 0 Å². The Balaban J connectivity index is 2.37. The first-order valence-electron chi connectivity index (χ1n) is 5.92. The van der Waals surface area contributed by atoms with Crippen molar-refractivity contribution in [2.45, 2.75) is 32.4 Å². The van der Waals surface area contributed by atoms with Crippen molar-refractivity contribution in [3.8, 4) is 0 Å². The summed E-state index contributed by atoms with van der Waals surface area (Å²) in [5.74, 6) is 0.401. The molecular weight excluding hydrogens is 241 g/mol. The number of benzene rings is 1. The van der Waals surface area contributed by atoms with Gasteiger partial charge in [-0.25, -0.2) is 0 Å². The molecule has 1 aliphatic rings. The molecule has 1 aromatic rings. The van der Waals surface area contributed by atoms with E-state index < -0.39 is 11.7 Å². The van der Waals surface area contributed by atoms with Gasteiger partial charge in [0.2, 0.25) is 0 Å². The fourth-order valence-corrected chi connectivity index (χ4v) is 2.20. The number of amidine groups is 1. The van der Waals surface area contributed by atoms with E-state index in [0.29, 0.717) is 24.5 Å². The Bertz CT molecular complexity index is 466. The van der Waals surface area contributed by atoms with E-state index in [4.69, 9.17) is 5.41 Å². The lowest BCUT2D eigenvalue weighted by Crippen LogP contribution is -2.34. The molecule has 0 atom stereocenters. The summed E-state index contributed by atoms with van der Waals surface area (Å²) in [5.41, 5.74) is 0.0748. The molecule has 0 unspecified atom stereocenters. The molecule has 1 heterocycles. The Labute approximate surface area is 104 Å². The van der Waals surface area contributed by atoms with Gasteiger partial charge in [-0.1, -0.05) is 6.07 Å². The van der Waals surface area contributed by atoms with Crippen LogP contribution in [0.25, 0.3) is 0 Å². The molecule has 1 saturated heterocycles. The van der Waals surface area contributed by atoms with Crippen LogP contribution in [0.1, 0.15) is 30.4 Å². The molecule has 0 saturated carbocycles. The zero-order valence-electron chi connectivity index (χ0n) is 10.1. The number of hydrogen-bond donors (Lipinski definition) is 1. The molecule has 0 spiro atoms. The third-order valence-corrected chi connectivity index (χ3v) is 3.21. The van der Waals surface area contributed by atoms with Crippen LogP contribution in [0.15, 0.2) is 18.2 Å². The number of halogens is 3. The molecule has 98 valence electrons. The highest BCUT2D eigenvalue weighted by molar-refractivity contribution is 5.96. The Morgan fingerprint density at radius 2 is 1.94 bits per heavy atom. The van der Waals surface area contributed by atoms with E-state index in [2.05, 4.69) is 0 Å². The zero-order valence-corrected chi connectivity index (χ0v) is 10.1. The monoisotopic (exact) mass is 256 g/mol. The minimum Gasteiger partial charge on any atom is -0.330 e. The van der Waals surface area contributed by atoms with Crippen LogP contribution in [0.3, 0.4) is 0 Å². The zero-order chi connectivity index (χ0) is 13.3. The quantitative estimate of drug-likeness (QED) is 0.808. The largest absolute Gasteiger partial charge is 0.416 e. The number of hydrogen-bond acceptors (Lipinski definition) is 1. The Kier molecular flexibility index (Phi) is 3.32. The van der Waals surface area contributed by atoms with Gasteiger partial charge in [0.05, 0.1) is 5.56 Å². The van der Waals surface area contributed by atoms with Crippen LogP contribution in [0, 0.1) is 12.3 Å². The molecule has 1 N–H and O–H groups in total. The smallest absolute Gasteiger partial charge is 0.330 e. The van der Waals surface area contributed by atoms with Crippen molar-refractivity contribution >= 4 is 11.5 Å². The standard InChI is InChI=1S/C13H15F3N2/c1-9-5-6-10(8-11(9)13(14,15)16)18-7-3-2-4-12(18)17/h5-6,8,17H,2-4,7H2,1H3. The third-order valence-electron chi connectivity index (χ3n) is 3.21. The molecule has 2 rings (SSSR count). The average Bonchev–Trinajstić information content (AvgIpc) is 2.29. The van der Waals surface area contributed by atoms with Crippen LogP contribution in [-0.4, -0.2) is 12.4 Å². The lowest BCUT2D eigenvalue weighted by atomic mass is 10.0. The summed E-state index contributed by atoms with van der Waals surface area (Å²) in [6.45, 7) is 2.08. The maximum atomic E-state index is 12.8. The molecule has 0 bridgehead atoms. The minimum absolute atomic E-state index is 0.217. The molecule has 0 amide bonds. The topological polar surface area (TPSA) is 27.1 Å². The van der Waals surface area contributed by atoms with E-state index in [1.54, 1.807) is 11.0 Å². The van der Waals surface area contributed by atoms with Crippen LogP contribution in [0.5, 0.6) is 0 Å². The van der Waals surface area contributed by atoms with Gasteiger partial charge in [-0.15, -0.1) is 0 Å². The van der Waals surface area contributed by atoms with Gasteiger partial charge in [0, 0.05) is 18.7 Å². The van der Waals surface area contributed by atoms with Crippen molar-refractivity contribution in [3.63, 3.8) is 0 Å². The van der Waals surface area contributed by atoms with E-state index in [-0.39, 0.29) is 5.56 Å². The predicted octanol–water partition coefficient (Wildman–Crippen LogP) is 3.98. The van der Waals surface area contributed by atoms with Crippen molar-refractivity contribution in [1.29, 1.82) is 5.41 Å². The maximum Gasteiger partial charge on any atom is 0.416 e. The lowest BCUT2D eigenvalue weighted by Gasteiger charge is -2.30. The number of alkyl halides is 3. The summed E-state index contributed by atoms with van der Waals surface area (Å²) in [6.07, 6.45) is -1.85. The number of piperidine rings is 1. The van der Waals surface area contributed by atoms with Gasteiger partial charge in [-0.05, 0) is 37.5 Å². The molecular formula is C13H15F3N2. The van der Waals surface area contributed by atoms with Crippen LogP contribution in [0.2, 0.25) is 0 Å². The molecule has 0 radical (unpaired) electrons. The predicted molar refractivity (Wildman–Crippen MR) is 65.1 cm³/mol. The van der Waals surface area contributed by atoms with Gasteiger partial charge >= 0.3 is 6.18 Å². The molecule has 2 nitrogen and oxygen atoms in total. The number of nitrogens with one attached hydrogen (secondary N) is 1. The average molecular weight is 256 g/mol. The Morgan fingerprint density at radius 3 is 2.56 bits per heavy atom. The molecule has 1 fully saturated rings. The Morgan fingerprint density at radius 1 is 1.22 bits per heavy atom. The molecule has 1 aliphatic heterocycles. The van der Waals surface area contributed by atoms with E-state index >= 15 is 0 Å². The molecule has 1 aromatic carbocycles. The van der Waals surface area contributed by atoms with Crippen LogP contribution in [0.4, 0.5) is 18.9 Å². The summed E-state index contributed by atoms with van der Waals surface area (Å²) < 4.78 is 38.5. The second-order valence-electron chi connectivity index (χ2n) is 4.55. The fourth-order valence-electron chi connectivity index (χ4n) is 2.20. The van der Waals surface area contributed by atoms with Crippen molar-refractivity contribution in [3.05, 3.63) is 29.3 Å².